The van der Waals surface area contributed by atoms with Crippen molar-refractivity contribution in [3.05, 3.63) is 62.2 Å². The number of rotatable bonds is 4. The third kappa shape index (κ3) is 3.84. The van der Waals surface area contributed by atoms with Crippen molar-refractivity contribution in [3.63, 3.8) is 0 Å². The Morgan fingerprint density at radius 3 is 3.03 bits per heavy atom. The van der Waals surface area contributed by atoms with Crippen molar-refractivity contribution in [1.29, 1.82) is 0 Å². The van der Waals surface area contributed by atoms with E-state index in [1.165, 1.54) is 0 Å². The van der Waals surface area contributed by atoms with Crippen molar-refractivity contribution < 1.29 is 39.5 Å². The third-order valence-corrected chi connectivity index (χ3v) is 5.66. The van der Waals surface area contributed by atoms with E-state index in [0.717, 1.165) is 0 Å². The van der Waals surface area contributed by atoms with Crippen molar-refractivity contribution in [1.82, 2.24) is 9.55 Å². The Kier molecular flexibility index (Phi) is 4.54. The van der Waals surface area contributed by atoms with Crippen LogP contribution in [0, 0.1) is 12.7 Å². The summed E-state index contributed by atoms with van der Waals surface area (Å²) in [5.74, 6) is -4.75. The summed E-state index contributed by atoms with van der Waals surface area (Å²) in [6, 6.07) is 4.96. The molecule has 0 aliphatic carbocycles. The number of hydrogen-bond donors (Lipinski definition) is 2. The van der Waals surface area contributed by atoms with Crippen LogP contribution in [0.2, 0.25) is 0 Å². The van der Waals surface area contributed by atoms with Crippen molar-refractivity contribution in [3.8, 4) is 5.75 Å². The van der Waals surface area contributed by atoms with E-state index in [0.29, 0.717) is 21.9 Å². The normalized spacial score (nSPS) is 32.1. The number of halogens is 2. The smallest absolute Gasteiger partial charge is 0.403 e. The van der Waals surface area contributed by atoms with Crippen LogP contribution in [0.5, 0.6) is 5.75 Å². The molecule has 3 heterocycles. The number of nitrogens with zero attached hydrogens (tertiary/aromatic N) is 1. The van der Waals surface area contributed by atoms with Gasteiger partial charge in [-0.3, -0.25) is 23.4 Å². The fourth-order valence-electron chi connectivity index (χ4n) is 3.06. The van der Waals surface area contributed by atoms with Gasteiger partial charge in [0.05, 0.1) is 15.5 Å². The molecule has 30 heavy (non-hydrogen) atoms. The summed E-state index contributed by atoms with van der Waals surface area (Å²) < 4.78 is 78.2. The number of aliphatic hydroxyl groups excluding tert-OH is 1. The van der Waals surface area contributed by atoms with Crippen LogP contribution >= 0.6 is 7.82 Å². The van der Waals surface area contributed by atoms with E-state index >= 15 is 4.39 Å². The molecule has 0 bridgehead atoms. The van der Waals surface area contributed by atoms with Crippen LogP contribution in [0.4, 0.5) is 8.78 Å². The van der Waals surface area contributed by atoms with Gasteiger partial charge in [-0.15, -0.1) is 0 Å². The van der Waals surface area contributed by atoms with Gasteiger partial charge in [-0.2, -0.15) is 4.39 Å². The third-order valence-electron chi connectivity index (χ3n) is 4.49. The van der Waals surface area contributed by atoms with Gasteiger partial charge < -0.3 is 14.4 Å². The fourth-order valence-corrected chi connectivity index (χ4v) is 4.23. The van der Waals surface area contributed by atoms with Gasteiger partial charge in [0, 0.05) is 12.0 Å². The first kappa shape index (κ1) is 18.4. The van der Waals surface area contributed by atoms with Crippen molar-refractivity contribution in [2.24, 2.45) is 0 Å². The monoisotopic (exact) mass is 448 g/mol. The molecule has 1 aromatic heterocycles. The number of nitrogens with one attached hydrogen (secondary N) is 1. The van der Waals surface area contributed by atoms with Crippen LogP contribution in [0.3, 0.4) is 0 Å². The molecule has 1 unspecified atom stereocenters. The number of alkyl halides is 1. The van der Waals surface area contributed by atoms with Crippen LogP contribution < -0.4 is 15.8 Å². The first-order chi connectivity index (χ1) is 14.8. The van der Waals surface area contributed by atoms with Crippen molar-refractivity contribution in [2.45, 2.75) is 38.1 Å². The quantitative estimate of drug-likeness (QED) is 0.676. The zero-order valence-corrected chi connectivity index (χ0v) is 16.2. The maximum atomic E-state index is 15.5. The van der Waals surface area contributed by atoms with E-state index in [-0.39, 0.29) is 12.4 Å². The van der Waals surface area contributed by atoms with Gasteiger partial charge in [-0.1, -0.05) is 18.2 Å². The minimum atomic E-state index is -4.68. The molecule has 2 aliphatic rings. The molecule has 4 rings (SSSR count). The molecule has 4 atom stereocenters. The van der Waals surface area contributed by atoms with Gasteiger partial charge in [0.15, 0.2) is 6.23 Å². The van der Waals surface area contributed by atoms with Gasteiger partial charge in [0.1, 0.15) is 18.4 Å². The number of ether oxygens (including phenoxy) is 1. The second-order valence-corrected chi connectivity index (χ2v) is 8.24. The summed E-state index contributed by atoms with van der Waals surface area (Å²) in [4.78, 5) is 24.7. The molecule has 1 aromatic carbocycles. The Labute approximate surface area is 170 Å². The lowest BCUT2D eigenvalue weighted by molar-refractivity contribution is -0.179. The number of aryl methyl sites for hydroxylation is 1. The minimum absolute atomic E-state index is 0.131. The molecular formula is C17H17F2N2O8P. The van der Waals surface area contributed by atoms with Crippen LogP contribution in [0.1, 0.15) is 26.5 Å². The number of H-pyrrole nitrogens is 1. The van der Waals surface area contributed by atoms with Crippen LogP contribution in [0.15, 0.2) is 34.0 Å². The Morgan fingerprint density at radius 1 is 1.50 bits per heavy atom. The zero-order valence-electron chi connectivity index (χ0n) is 17.3. The first-order valence-electron chi connectivity index (χ1n) is 9.63. The molecule has 0 amide bonds. The van der Waals surface area contributed by atoms with E-state index in [2.05, 4.69) is 0 Å². The van der Waals surface area contributed by atoms with E-state index in [1.807, 2.05) is 0 Å². The van der Waals surface area contributed by atoms with E-state index in [9.17, 15) is 23.7 Å². The number of aromatic amines is 1. The highest BCUT2D eigenvalue weighted by Crippen LogP contribution is 2.56. The second-order valence-electron chi connectivity index (χ2n) is 6.72. The topological polar surface area (TPSA) is 129 Å². The molecule has 0 spiro atoms. The summed E-state index contributed by atoms with van der Waals surface area (Å²) in [5, 5.41) is 10.2. The maximum Gasteiger partial charge on any atom is 0.530 e. The number of phosphoric acid groups is 1. The predicted molar refractivity (Wildman–Crippen MR) is 96.0 cm³/mol. The highest BCUT2D eigenvalue weighted by molar-refractivity contribution is 7.49. The van der Waals surface area contributed by atoms with Gasteiger partial charge in [0.25, 0.3) is 5.56 Å². The number of para-hydroxylation sites is 1. The number of aliphatic hydroxyl groups is 1. The first-order valence-corrected chi connectivity index (χ1v) is 10.1. The molecule has 0 radical (unpaired) electrons. The lowest BCUT2D eigenvalue weighted by Crippen LogP contribution is -2.37. The highest BCUT2D eigenvalue weighted by Gasteiger charge is 2.50. The van der Waals surface area contributed by atoms with Crippen LogP contribution in [-0.4, -0.2) is 33.2 Å². The van der Waals surface area contributed by atoms with Crippen LogP contribution in [-0.2, 0) is 25.0 Å². The maximum absolute atomic E-state index is 15.5. The van der Waals surface area contributed by atoms with Crippen LogP contribution in [0.25, 0.3) is 0 Å². The lowest BCUT2D eigenvalue weighted by Gasteiger charge is -2.28. The van der Waals surface area contributed by atoms with Gasteiger partial charge in [0.2, 0.25) is 11.7 Å². The predicted octanol–water partition coefficient (Wildman–Crippen LogP) is 1.66. The Morgan fingerprint density at radius 2 is 2.27 bits per heavy atom. The average molecular weight is 448 g/mol. The second kappa shape index (κ2) is 7.40. The zero-order chi connectivity index (χ0) is 23.5. The molecule has 10 nitrogen and oxygen atoms in total. The molecule has 2 aromatic rings. The average Bonchev–Trinajstić information content (AvgIpc) is 3.01. The SMILES string of the molecule is [2H]C([2H])(OP1(=O)OCc2cccc(C)c2O1)[C@]1(F)C[C@@H](O)[C@H](n2cc(F)c(=O)[nH]c2=O)O1. The van der Waals surface area contributed by atoms with Crippen molar-refractivity contribution in [2.75, 3.05) is 6.56 Å². The molecule has 0 saturated carbocycles. The van der Waals surface area contributed by atoms with Gasteiger partial charge in [-0.25, -0.2) is 13.8 Å². The highest BCUT2D eigenvalue weighted by atomic mass is 31.2. The Bertz CT molecular complexity index is 1240. The Balaban J connectivity index is 1.60. The molecule has 2 aliphatic heterocycles. The largest absolute Gasteiger partial charge is 0.530 e. The number of phosphoric ester groups is 1. The number of hydrogen-bond acceptors (Lipinski definition) is 8. The molecule has 13 heteroatoms. The summed E-state index contributed by atoms with van der Waals surface area (Å²) >= 11 is 0. The molecule has 1 fully saturated rings. The standard InChI is InChI=1S/C17H17F2N2O8P/c1-9-3-2-4-10-7-26-30(25,29-13(9)10)27-8-17(19)5-12(22)15(28-17)21-6-11(18)14(23)20-16(21)24/h2-4,6,12,15,22H,5,7-8H2,1H3,(H,20,23,24)/t12-,15-,17+,30?/m1/s1/i8D2. The Hall–Kier alpha value is -2.37. The van der Waals surface area contributed by atoms with E-state index in [4.69, 9.17) is 21.0 Å². The van der Waals surface area contributed by atoms with E-state index in [1.54, 1.807) is 30.1 Å². The minimum Gasteiger partial charge on any atom is -0.403 e. The van der Waals surface area contributed by atoms with Gasteiger partial charge >= 0.3 is 13.5 Å². The summed E-state index contributed by atoms with van der Waals surface area (Å²) in [6.45, 7) is -2.13. The summed E-state index contributed by atoms with van der Waals surface area (Å²) in [6.07, 6.45) is -4.49. The molecule has 1 saturated heterocycles. The molecule has 2 N–H and O–H groups in total. The number of benzene rings is 1. The molecule has 162 valence electrons. The fraction of sp³-hybridized carbons (Fsp3) is 0.412. The number of fused-ring (bicyclic) bond motifs is 1. The lowest BCUT2D eigenvalue weighted by atomic mass is 10.1. The van der Waals surface area contributed by atoms with E-state index < -0.39 is 56.1 Å². The molecular weight excluding hydrogens is 429 g/mol. The summed E-state index contributed by atoms with van der Waals surface area (Å²) in [5.41, 5.74) is -1.51. The van der Waals surface area contributed by atoms with Crippen molar-refractivity contribution >= 4 is 7.82 Å². The number of aromatic nitrogens is 2. The van der Waals surface area contributed by atoms with Gasteiger partial charge in [-0.05, 0) is 12.5 Å². The summed E-state index contributed by atoms with van der Waals surface area (Å²) in [7, 11) is -4.68.